The molecule has 3 rings (SSSR count). The summed E-state index contributed by atoms with van der Waals surface area (Å²) in [5, 5.41) is 2.50. The van der Waals surface area contributed by atoms with Crippen LogP contribution < -0.4 is 15.8 Å². The number of ether oxygens (including phenoxy) is 1. The average molecular weight is 420 g/mol. The van der Waals surface area contributed by atoms with Gasteiger partial charge >= 0.3 is 6.18 Å². The smallest absolute Gasteiger partial charge is 0.422 e. The second-order valence-corrected chi connectivity index (χ2v) is 9.41. The summed E-state index contributed by atoms with van der Waals surface area (Å²) in [6, 6.07) is 4.19. The van der Waals surface area contributed by atoms with E-state index in [1.54, 1.807) is 0 Å². The molecule has 2 aliphatic rings. The molecule has 11 heteroatoms. The third kappa shape index (κ3) is 4.94. The molecule has 1 aliphatic heterocycles. The van der Waals surface area contributed by atoms with E-state index in [0.29, 0.717) is 5.56 Å². The molecule has 1 aromatic rings. The Kier molecular flexibility index (Phi) is 5.07. The SMILES string of the molecule is NC(=O)CC1(NC(=O)c2ccc(C3CC3)c(OCC(F)(F)F)c2)CS(=O)(=O)C1. The Morgan fingerprint density at radius 3 is 2.39 bits per heavy atom. The fraction of sp³-hybridized carbons (Fsp3) is 0.529. The fourth-order valence-corrected chi connectivity index (χ4v) is 5.30. The van der Waals surface area contributed by atoms with Gasteiger partial charge in [0.2, 0.25) is 5.91 Å². The number of carbonyl (C=O) groups excluding carboxylic acids is 2. The van der Waals surface area contributed by atoms with E-state index >= 15 is 0 Å². The van der Waals surface area contributed by atoms with Crippen molar-refractivity contribution in [1.82, 2.24) is 5.32 Å². The van der Waals surface area contributed by atoms with Crippen LogP contribution in [0.2, 0.25) is 0 Å². The van der Waals surface area contributed by atoms with E-state index in [9.17, 15) is 31.2 Å². The first-order valence-electron chi connectivity index (χ1n) is 8.53. The van der Waals surface area contributed by atoms with Crippen LogP contribution in [0.5, 0.6) is 5.75 Å². The summed E-state index contributed by atoms with van der Waals surface area (Å²) in [4.78, 5) is 23.8. The van der Waals surface area contributed by atoms with Crippen molar-refractivity contribution in [3.63, 3.8) is 0 Å². The van der Waals surface area contributed by atoms with Crippen molar-refractivity contribution in [1.29, 1.82) is 0 Å². The number of halogens is 3. The van der Waals surface area contributed by atoms with E-state index in [-0.39, 0.29) is 23.7 Å². The molecule has 2 fully saturated rings. The molecule has 154 valence electrons. The molecule has 1 aromatic carbocycles. The fourth-order valence-electron chi connectivity index (χ4n) is 3.36. The Balaban J connectivity index is 1.80. The molecule has 1 saturated heterocycles. The van der Waals surface area contributed by atoms with Gasteiger partial charge in [0.15, 0.2) is 16.4 Å². The van der Waals surface area contributed by atoms with Crippen LogP contribution in [-0.4, -0.2) is 50.1 Å². The maximum Gasteiger partial charge on any atom is 0.422 e. The van der Waals surface area contributed by atoms with Gasteiger partial charge in [-0.2, -0.15) is 13.2 Å². The van der Waals surface area contributed by atoms with Gasteiger partial charge in [0.05, 0.1) is 23.5 Å². The molecule has 0 unspecified atom stereocenters. The van der Waals surface area contributed by atoms with E-state index in [4.69, 9.17) is 10.5 Å². The van der Waals surface area contributed by atoms with Crippen LogP contribution in [0.15, 0.2) is 18.2 Å². The Morgan fingerprint density at radius 1 is 1.25 bits per heavy atom. The highest BCUT2D eigenvalue weighted by Crippen LogP contribution is 2.44. The Morgan fingerprint density at radius 2 is 1.89 bits per heavy atom. The van der Waals surface area contributed by atoms with Crippen LogP contribution in [0.1, 0.15) is 41.1 Å². The van der Waals surface area contributed by atoms with Crippen LogP contribution in [0.4, 0.5) is 13.2 Å². The minimum absolute atomic E-state index is 0.00900. The third-order valence-corrected chi connectivity index (χ3v) is 6.55. The number of carbonyl (C=O) groups is 2. The number of primary amides is 1. The molecule has 0 aromatic heterocycles. The summed E-state index contributed by atoms with van der Waals surface area (Å²) in [5.74, 6) is -2.27. The van der Waals surface area contributed by atoms with Crippen molar-refractivity contribution in [2.75, 3.05) is 18.1 Å². The molecule has 2 amide bonds. The molecular weight excluding hydrogens is 401 g/mol. The van der Waals surface area contributed by atoms with Gasteiger partial charge in [0.1, 0.15) is 5.75 Å². The molecule has 0 spiro atoms. The normalized spacial score (nSPS) is 20.1. The van der Waals surface area contributed by atoms with E-state index in [0.717, 1.165) is 12.8 Å². The molecule has 1 heterocycles. The third-order valence-electron chi connectivity index (χ3n) is 4.57. The number of hydrogen-bond acceptors (Lipinski definition) is 5. The highest BCUT2D eigenvalue weighted by molar-refractivity contribution is 7.93. The number of benzene rings is 1. The van der Waals surface area contributed by atoms with Gasteiger partial charge in [0, 0.05) is 5.56 Å². The molecule has 3 N–H and O–H groups in total. The van der Waals surface area contributed by atoms with Gasteiger partial charge in [-0.15, -0.1) is 0 Å². The highest BCUT2D eigenvalue weighted by atomic mass is 32.2. The van der Waals surface area contributed by atoms with E-state index < -0.39 is 51.5 Å². The van der Waals surface area contributed by atoms with E-state index in [2.05, 4.69) is 5.32 Å². The molecule has 1 saturated carbocycles. The zero-order valence-electron chi connectivity index (χ0n) is 14.7. The first-order chi connectivity index (χ1) is 12.9. The van der Waals surface area contributed by atoms with Gasteiger partial charge in [-0.25, -0.2) is 8.42 Å². The van der Waals surface area contributed by atoms with Crippen LogP contribution in [0, 0.1) is 0 Å². The molecule has 1 aliphatic carbocycles. The van der Waals surface area contributed by atoms with Gasteiger partial charge in [-0.3, -0.25) is 9.59 Å². The number of amides is 2. The molecule has 28 heavy (non-hydrogen) atoms. The molecule has 0 radical (unpaired) electrons. The maximum atomic E-state index is 12.6. The Labute approximate surface area is 159 Å². The van der Waals surface area contributed by atoms with Crippen LogP contribution in [0.25, 0.3) is 0 Å². The monoisotopic (exact) mass is 420 g/mol. The summed E-state index contributed by atoms with van der Waals surface area (Å²) in [5.41, 5.74) is 4.45. The van der Waals surface area contributed by atoms with Gasteiger partial charge in [-0.1, -0.05) is 6.07 Å². The van der Waals surface area contributed by atoms with Crippen LogP contribution in [0.3, 0.4) is 0 Å². The van der Waals surface area contributed by atoms with Crippen LogP contribution in [-0.2, 0) is 14.6 Å². The van der Waals surface area contributed by atoms with Gasteiger partial charge in [-0.05, 0) is 36.5 Å². The summed E-state index contributed by atoms with van der Waals surface area (Å²) < 4.78 is 65.5. The van der Waals surface area contributed by atoms with Crippen LogP contribution >= 0.6 is 0 Å². The number of hydrogen-bond donors (Lipinski definition) is 2. The number of alkyl halides is 3. The predicted octanol–water partition coefficient (Wildman–Crippen LogP) is 1.28. The highest BCUT2D eigenvalue weighted by Gasteiger charge is 2.50. The zero-order chi connectivity index (χ0) is 20.7. The largest absolute Gasteiger partial charge is 0.484 e. The predicted molar refractivity (Wildman–Crippen MR) is 92.6 cm³/mol. The average Bonchev–Trinajstić information content (AvgIpc) is 3.33. The Hall–Kier alpha value is -2.30. The summed E-state index contributed by atoms with van der Waals surface area (Å²) >= 11 is 0. The van der Waals surface area contributed by atoms with Crippen molar-refractivity contribution in [3.05, 3.63) is 29.3 Å². The van der Waals surface area contributed by atoms with Gasteiger partial charge < -0.3 is 15.8 Å². The number of rotatable bonds is 7. The lowest BCUT2D eigenvalue weighted by Crippen LogP contribution is -2.66. The summed E-state index contributed by atoms with van der Waals surface area (Å²) in [6.45, 7) is -1.48. The molecule has 7 nitrogen and oxygen atoms in total. The lowest BCUT2D eigenvalue weighted by Gasteiger charge is -2.40. The second-order valence-electron chi connectivity index (χ2n) is 7.34. The zero-order valence-corrected chi connectivity index (χ0v) is 15.5. The van der Waals surface area contributed by atoms with Crippen molar-refractivity contribution < 1.29 is 35.9 Å². The summed E-state index contributed by atoms with van der Waals surface area (Å²) in [6.07, 6.45) is -3.22. The van der Waals surface area contributed by atoms with Crippen molar-refractivity contribution in [2.24, 2.45) is 5.73 Å². The lowest BCUT2D eigenvalue weighted by atomic mass is 9.97. The quantitative estimate of drug-likeness (QED) is 0.690. The first-order valence-corrected chi connectivity index (χ1v) is 10.3. The second kappa shape index (κ2) is 6.94. The number of nitrogens with two attached hydrogens (primary N) is 1. The van der Waals surface area contributed by atoms with Crippen molar-refractivity contribution in [2.45, 2.75) is 36.9 Å². The maximum absolute atomic E-state index is 12.6. The number of nitrogens with one attached hydrogen (secondary N) is 1. The topological polar surface area (TPSA) is 116 Å². The minimum atomic E-state index is -4.52. The summed E-state index contributed by atoms with van der Waals surface area (Å²) in [7, 11) is -3.38. The molecule has 0 atom stereocenters. The van der Waals surface area contributed by atoms with Gasteiger partial charge in [0.25, 0.3) is 5.91 Å². The molecule has 0 bridgehead atoms. The Bertz CT molecular complexity index is 898. The first kappa shape index (κ1) is 20.4. The van der Waals surface area contributed by atoms with E-state index in [1.165, 1.54) is 18.2 Å². The minimum Gasteiger partial charge on any atom is -0.484 e. The standard InChI is InChI=1S/C17H19F3N2O5S/c18-17(19,20)7-27-13-5-11(3-4-12(13)10-1-2-10)15(24)22-16(6-14(21)23)8-28(25,26)9-16/h3-5,10H,1-2,6-9H2,(H2,21,23)(H,22,24). The van der Waals surface area contributed by atoms with E-state index in [1.807, 2.05) is 0 Å². The van der Waals surface area contributed by atoms with Crippen molar-refractivity contribution >= 4 is 21.7 Å². The van der Waals surface area contributed by atoms with Crippen molar-refractivity contribution in [3.8, 4) is 5.75 Å². The molecular formula is C17H19F3N2O5S. The lowest BCUT2D eigenvalue weighted by molar-refractivity contribution is -0.153. The number of sulfone groups is 1.